The Morgan fingerprint density at radius 2 is 2.33 bits per heavy atom. The van der Waals surface area contributed by atoms with E-state index in [1.165, 1.54) is 5.71 Å². The van der Waals surface area contributed by atoms with Crippen LogP contribution in [0.4, 0.5) is 0 Å². The first-order valence-electron chi connectivity index (χ1n) is 4.31. The second kappa shape index (κ2) is 2.73. The Bertz CT molecular complexity index is 263. The van der Waals surface area contributed by atoms with Crippen molar-refractivity contribution in [3.8, 4) is 0 Å². The molecule has 2 aliphatic rings. The summed E-state index contributed by atoms with van der Waals surface area (Å²) in [6.45, 7) is 4.31. The summed E-state index contributed by atoms with van der Waals surface area (Å²) in [5.74, 6) is 0.486. The highest BCUT2D eigenvalue weighted by Crippen LogP contribution is 2.17. The molecule has 1 N–H and O–H groups in total. The highest BCUT2D eigenvalue weighted by atomic mass is 15.1. The van der Waals surface area contributed by atoms with Gasteiger partial charge in [0.15, 0.2) is 0 Å². The molecule has 0 fully saturated rings. The summed E-state index contributed by atoms with van der Waals surface area (Å²) in [7, 11) is 0. The monoisotopic (exact) mass is 163 g/mol. The fraction of sp³-hybridized carbons (Fsp3) is 0.556. The summed E-state index contributed by atoms with van der Waals surface area (Å²) in [5.41, 5.74) is 1.18. The van der Waals surface area contributed by atoms with Gasteiger partial charge in [0.1, 0.15) is 6.04 Å². The summed E-state index contributed by atoms with van der Waals surface area (Å²) in [4.78, 5) is 8.70. The van der Waals surface area contributed by atoms with Crippen LogP contribution in [0, 0.1) is 5.92 Å². The van der Waals surface area contributed by atoms with Gasteiger partial charge < -0.3 is 5.32 Å². The third-order valence-electron chi connectivity index (χ3n) is 2.25. The van der Waals surface area contributed by atoms with Gasteiger partial charge in [-0.25, -0.2) is 0 Å². The van der Waals surface area contributed by atoms with Gasteiger partial charge >= 0.3 is 0 Å². The van der Waals surface area contributed by atoms with E-state index in [4.69, 9.17) is 0 Å². The third-order valence-corrected chi connectivity index (χ3v) is 2.25. The summed E-state index contributed by atoms with van der Waals surface area (Å²) < 4.78 is 0. The number of hydrogen-bond acceptors (Lipinski definition) is 3. The van der Waals surface area contributed by atoms with Crippen LogP contribution in [-0.4, -0.2) is 24.1 Å². The molecule has 2 rings (SSSR count). The number of aliphatic imine (C=N–C) groups is 2. The summed E-state index contributed by atoms with van der Waals surface area (Å²) in [5, 5.41) is 3.18. The van der Waals surface area contributed by atoms with E-state index in [1.54, 1.807) is 6.34 Å². The predicted molar refractivity (Wildman–Crippen MR) is 50.6 cm³/mol. The first-order valence-corrected chi connectivity index (χ1v) is 4.31. The Morgan fingerprint density at radius 1 is 1.50 bits per heavy atom. The van der Waals surface area contributed by atoms with E-state index in [9.17, 15) is 0 Å². The van der Waals surface area contributed by atoms with Gasteiger partial charge in [0, 0.05) is 11.9 Å². The molecule has 0 spiro atoms. The molecule has 0 amide bonds. The van der Waals surface area contributed by atoms with Crippen LogP contribution in [0.25, 0.3) is 0 Å². The standard InChI is InChI=1S/C9H13N3/c1-6(2)8-9-7(3-4-10-8)11-5-12-9/h3-7,9H,1-2H3,(H,11,12). The minimum Gasteiger partial charge on any atom is -0.368 e. The molecular formula is C9H13N3. The molecule has 2 aliphatic heterocycles. The lowest BCUT2D eigenvalue weighted by molar-refractivity contribution is 0.681. The number of fused-ring (bicyclic) bond motifs is 1. The second-order valence-corrected chi connectivity index (χ2v) is 3.47. The molecule has 3 nitrogen and oxygen atoms in total. The zero-order valence-corrected chi connectivity index (χ0v) is 7.36. The van der Waals surface area contributed by atoms with Gasteiger partial charge in [0.25, 0.3) is 0 Å². The normalized spacial score (nSPS) is 31.8. The lowest BCUT2D eigenvalue weighted by atomic mass is 9.94. The maximum absolute atomic E-state index is 4.35. The van der Waals surface area contributed by atoms with Crippen LogP contribution in [0.15, 0.2) is 22.3 Å². The van der Waals surface area contributed by atoms with Crippen LogP contribution in [-0.2, 0) is 0 Å². The summed E-state index contributed by atoms with van der Waals surface area (Å²) >= 11 is 0. The topological polar surface area (TPSA) is 36.8 Å². The van der Waals surface area contributed by atoms with Crippen LogP contribution < -0.4 is 5.32 Å². The largest absolute Gasteiger partial charge is 0.368 e. The Balaban J connectivity index is 2.26. The molecule has 3 heteroatoms. The van der Waals surface area contributed by atoms with Gasteiger partial charge in [-0.2, -0.15) is 0 Å². The zero-order valence-electron chi connectivity index (χ0n) is 7.36. The second-order valence-electron chi connectivity index (χ2n) is 3.47. The molecular weight excluding hydrogens is 150 g/mol. The minimum atomic E-state index is 0.245. The van der Waals surface area contributed by atoms with Gasteiger partial charge in [-0.05, 0) is 12.0 Å². The maximum Gasteiger partial charge on any atom is 0.114 e. The van der Waals surface area contributed by atoms with Crippen molar-refractivity contribution < 1.29 is 0 Å². The quantitative estimate of drug-likeness (QED) is 0.614. The molecule has 2 atom stereocenters. The molecule has 0 aromatic heterocycles. The van der Waals surface area contributed by atoms with Crippen LogP contribution in [0.5, 0.6) is 0 Å². The number of hydrogen-bond donors (Lipinski definition) is 1. The molecule has 0 aromatic rings. The minimum absolute atomic E-state index is 0.245. The van der Waals surface area contributed by atoms with Crippen molar-refractivity contribution in [1.29, 1.82) is 0 Å². The van der Waals surface area contributed by atoms with E-state index in [-0.39, 0.29) is 6.04 Å². The SMILES string of the molecule is CC(C)C1=NC=CC2NC=NC12. The van der Waals surface area contributed by atoms with Gasteiger partial charge in [0.05, 0.1) is 12.4 Å². The molecule has 2 unspecified atom stereocenters. The van der Waals surface area contributed by atoms with Crippen LogP contribution in [0.3, 0.4) is 0 Å². The molecule has 0 bridgehead atoms. The fourth-order valence-corrected chi connectivity index (χ4v) is 1.60. The number of nitrogens with zero attached hydrogens (tertiary/aromatic N) is 2. The fourth-order valence-electron chi connectivity index (χ4n) is 1.60. The Hall–Kier alpha value is -1.12. The smallest absolute Gasteiger partial charge is 0.114 e. The van der Waals surface area contributed by atoms with Crippen molar-refractivity contribution in [2.24, 2.45) is 15.9 Å². The first kappa shape index (κ1) is 7.53. The lowest BCUT2D eigenvalue weighted by Crippen LogP contribution is -2.39. The van der Waals surface area contributed by atoms with Crippen molar-refractivity contribution in [2.45, 2.75) is 25.9 Å². The van der Waals surface area contributed by atoms with Crippen molar-refractivity contribution in [3.05, 3.63) is 12.3 Å². The Kier molecular flexibility index (Phi) is 1.71. The molecule has 12 heavy (non-hydrogen) atoms. The number of nitrogens with one attached hydrogen (secondary N) is 1. The summed E-state index contributed by atoms with van der Waals surface area (Å²) in [6.07, 6.45) is 5.71. The molecule has 0 saturated carbocycles. The van der Waals surface area contributed by atoms with Crippen molar-refractivity contribution in [3.63, 3.8) is 0 Å². The maximum atomic E-state index is 4.35. The van der Waals surface area contributed by atoms with E-state index in [2.05, 4.69) is 35.2 Å². The van der Waals surface area contributed by atoms with Crippen molar-refractivity contribution >= 4 is 12.1 Å². The predicted octanol–water partition coefficient (Wildman–Crippen LogP) is 0.979. The Labute approximate surface area is 72.3 Å². The molecule has 0 radical (unpaired) electrons. The molecule has 0 aromatic carbocycles. The van der Waals surface area contributed by atoms with Crippen LogP contribution >= 0.6 is 0 Å². The van der Waals surface area contributed by atoms with Gasteiger partial charge in [-0.1, -0.05) is 13.8 Å². The lowest BCUT2D eigenvalue weighted by Gasteiger charge is -2.22. The van der Waals surface area contributed by atoms with Crippen molar-refractivity contribution in [2.75, 3.05) is 0 Å². The average molecular weight is 163 g/mol. The third kappa shape index (κ3) is 1.05. The molecule has 64 valence electrons. The van der Waals surface area contributed by atoms with E-state index < -0.39 is 0 Å². The van der Waals surface area contributed by atoms with E-state index >= 15 is 0 Å². The highest BCUT2D eigenvalue weighted by molar-refractivity contribution is 5.95. The van der Waals surface area contributed by atoms with Gasteiger partial charge in [-0.3, -0.25) is 9.98 Å². The van der Waals surface area contributed by atoms with Gasteiger partial charge in [0.2, 0.25) is 0 Å². The van der Waals surface area contributed by atoms with E-state index in [0.29, 0.717) is 12.0 Å². The number of rotatable bonds is 1. The van der Waals surface area contributed by atoms with E-state index in [0.717, 1.165) is 0 Å². The van der Waals surface area contributed by atoms with Gasteiger partial charge in [-0.15, -0.1) is 0 Å². The van der Waals surface area contributed by atoms with E-state index in [1.807, 2.05) is 6.20 Å². The first-order chi connectivity index (χ1) is 5.79. The van der Waals surface area contributed by atoms with Crippen LogP contribution in [0.2, 0.25) is 0 Å². The van der Waals surface area contributed by atoms with Crippen LogP contribution in [0.1, 0.15) is 13.8 Å². The average Bonchev–Trinajstić information content (AvgIpc) is 2.49. The summed E-state index contributed by atoms with van der Waals surface area (Å²) in [6, 6.07) is 0.592. The molecule has 0 saturated heterocycles. The highest BCUT2D eigenvalue weighted by Gasteiger charge is 2.29. The Morgan fingerprint density at radius 3 is 3.08 bits per heavy atom. The molecule has 2 heterocycles. The van der Waals surface area contributed by atoms with Crippen molar-refractivity contribution in [1.82, 2.24) is 5.32 Å². The zero-order chi connectivity index (χ0) is 8.55. The molecule has 0 aliphatic carbocycles.